The Morgan fingerprint density at radius 2 is 1.81 bits per heavy atom. The average Bonchev–Trinajstić information content (AvgIpc) is 3.40. The Kier molecular flexibility index (Phi) is 11.3. The van der Waals surface area contributed by atoms with E-state index in [0.717, 1.165) is 38.5 Å². The van der Waals surface area contributed by atoms with Gasteiger partial charge in [-0.05, 0) is 80.3 Å². The van der Waals surface area contributed by atoms with Crippen molar-refractivity contribution in [1.82, 2.24) is 0 Å². The molecule has 2 heterocycles. The van der Waals surface area contributed by atoms with Gasteiger partial charge in [0.05, 0.1) is 12.2 Å². The van der Waals surface area contributed by atoms with Gasteiger partial charge in [0.2, 0.25) is 0 Å². The van der Waals surface area contributed by atoms with Gasteiger partial charge < -0.3 is 9.84 Å². The highest BCUT2D eigenvalue weighted by Gasteiger charge is 2.47. The summed E-state index contributed by atoms with van der Waals surface area (Å²) in [4.78, 5) is 10.6. The third kappa shape index (κ3) is 8.68. The molecule has 2 aliphatic heterocycles. The third-order valence-corrected chi connectivity index (χ3v) is 7.78. The Morgan fingerprint density at radius 3 is 2.62 bits per heavy atom. The molecule has 3 nitrogen and oxygen atoms in total. The van der Waals surface area contributed by atoms with Crippen molar-refractivity contribution >= 4 is 17.7 Å². The minimum Gasteiger partial charge on any atom is -0.481 e. The van der Waals surface area contributed by atoms with Crippen molar-refractivity contribution in [2.45, 2.75) is 82.8 Å². The minimum absolute atomic E-state index is 0.264. The molecule has 174 valence electrons. The van der Waals surface area contributed by atoms with Crippen molar-refractivity contribution in [2.24, 2.45) is 11.8 Å². The molecule has 0 radical (unpaired) electrons. The van der Waals surface area contributed by atoms with Gasteiger partial charge >= 0.3 is 5.97 Å². The van der Waals surface area contributed by atoms with Gasteiger partial charge in [0.25, 0.3) is 0 Å². The molecule has 4 atom stereocenters. The second-order valence-electron chi connectivity index (χ2n) is 8.98. The molecule has 3 rings (SSSR count). The number of benzene rings is 1. The van der Waals surface area contributed by atoms with E-state index in [1.807, 2.05) is 0 Å². The van der Waals surface area contributed by atoms with Crippen molar-refractivity contribution in [3.8, 4) is 11.8 Å². The first kappa shape index (κ1) is 24.9. The summed E-state index contributed by atoms with van der Waals surface area (Å²) in [5, 5.41) is 8.72. The fourth-order valence-electron chi connectivity index (χ4n) is 4.84. The molecule has 2 bridgehead atoms. The number of aliphatic carboxylic acids is 1. The molecule has 0 aliphatic carbocycles. The number of allylic oxidation sites excluding steroid dienone is 2. The van der Waals surface area contributed by atoms with Gasteiger partial charge in [-0.15, -0.1) is 11.8 Å². The predicted molar refractivity (Wildman–Crippen MR) is 134 cm³/mol. The number of rotatable bonds is 14. The van der Waals surface area contributed by atoms with E-state index in [4.69, 9.17) is 9.84 Å². The lowest BCUT2D eigenvalue weighted by molar-refractivity contribution is -0.137. The number of carbonyl (C=O) groups is 1. The van der Waals surface area contributed by atoms with Gasteiger partial charge in [0.1, 0.15) is 0 Å². The van der Waals surface area contributed by atoms with E-state index >= 15 is 0 Å². The Morgan fingerprint density at radius 1 is 1.03 bits per heavy atom. The zero-order valence-corrected chi connectivity index (χ0v) is 20.0. The molecule has 1 N–H and O–H groups in total. The topological polar surface area (TPSA) is 46.5 Å². The number of thioether (sulfide) groups is 1. The number of fused-ring (bicyclic) bond motifs is 2. The molecule has 2 saturated heterocycles. The van der Waals surface area contributed by atoms with E-state index < -0.39 is 5.97 Å². The number of carboxylic acids is 1. The minimum atomic E-state index is -0.702. The number of hydrogen-bond acceptors (Lipinski definition) is 3. The van der Waals surface area contributed by atoms with Gasteiger partial charge in [-0.25, -0.2) is 0 Å². The summed E-state index contributed by atoms with van der Waals surface area (Å²) in [6.07, 6.45) is 16.2. The van der Waals surface area contributed by atoms with E-state index in [1.165, 1.54) is 42.8 Å². The molecule has 32 heavy (non-hydrogen) atoms. The zero-order valence-electron chi connectivity index (χ0n) is 19.2. The van der Waals surface area contributed by atoms with Gasteiger partial charge in [0.15, 0.2) is 0 Å². The summed E-state index contributed by atoms with van der Waals surface area (Å²) in [5.74, 6) is 9.72. The maximum absolute atomic E-state index is 10.6. The van der Waals surface area contributed by atoms with Crippen LogP contribution in [0.25, 0.3) is 0 Å². The Balaban J connectivity index is 1.24. The van der Waals surface area contributed by atoms with Gasteiger partial charge in [-0.2, -0.15) is 11.8 Å². The van der Waals surface area contributed by atoms with Gasteiger partial charge in [-0.1, -0.05) is 42.5 Å². The maximum Gasteiger partial charge on any atom is 0.303 e. The molecule has 1 aromatic carbocycles. The van der Waals surface area contributed by atoms with Crippen molar-refractivity contribution in [3.05, 3.63) is 48.0 Å². The molecule has 2 fully saturated rings. The largest absolute Gasteiger partial charge is 0.481 e. The summed E-state index contributed by atoms with van der Waals surface area (Å²) < 4.78 is 6.23. The highest BCUT2D eigenvalue weighted by atomic mass is 32.2. The summed E-state index contributed by atoms with van der Waals surface area (Å²) in [6, 6.07) is 10.6. The molecule has 0 amide bonds. The molecular formula is C28H38O3S. The predicted octanol–water partition coefficient (Wildman–Crippen LogP) is 6.52. The second-order valence-corrected chi connectivity index (χ2v) is 10.1. The van der Waals surface area contributed by atoms with Crippen LogP contribution >= 0.6 is 11.8 Å². The van der Waals surface area contributed by atoms with E-state index in [1.54, 1.807) is 0 Å². The highest BCUT2D eigenvalue weighted by molar-refractivity contribution is 7.99. The standard InChI is InChI=1S/C28H38O3S/c29-28(30)18-12-5-4-11-17-24-25(27-20-19-26(24)31-27)22-32-21-13-6-2-1-3-8-14-23-15-9-7-10-16-23/h4,7,9-11,15-16,24-27H,2,5-6,8,12-14,17-22H2,(H,29,30)/b11-4-/t24-,25+,26-,27+/m1/s1. The fourth-order valence-corrected chi connectivity index (χ4v) is 6.14. The number of aryl methyl sites for hydroxylation is 1. The van der Waals surface area contributed by atoms with Crippen molar-refractivity contribution < 1.29 is 14.6 Å². The first-order chi connectivity index (χ1) is 15.7. The first-order valence-electron chi connectivity index (χ1n) is 12.3. The molecule has 0 spiro atoms. The van der Waals surface area contributed by atoms with Gasteiger partial charge in [0, 0.05) is 19.3 Å². The van der Waals surface area contributed by atoms with Crippen LogP contribution in [0.5, 0.6) is 0 Å². The fraction of sp³-hybridized carbons (Fsp3) is 0.607. The van der Waals surface area contributed by atoms with Crippen LogP contribution < -0.4 is 0 Å². The Bertz CT molecular complexity index is 764. The van der Waals surface area contributed by atoms with Crippen LogP contribution in [-0.2, 0) is 16.0 Å². The smallest absolute Gasteiger partial charge is 0.303 e. The SMILES string of the molecule is O=C(O)CCC/C=C\C[C@@H]1[C@H](CSCCCCC#CCCc2ccccc2)[C@@H]2CC[C@H]1O2. The van der Waals surface area contributed by atoms with Crippen LogP contribution in [-0.4, -0.2) is 34.8 Å². The third-order valence-electron chi connectivity index (χ3n) is 6.58. The normalized spacial score (nSPS) is 24.0. The molecule has 2 aliphatic rings. The van der Waals surface area contributed by atoms with Crippen molar-refractivity contribution in [1.29, 1.82) is 0 Å². The lowest BCUT2D eigenvalue weighted by atomic mass is 9.78. The molecule has 0 saturated carbocycles. The number of ether oxygens (including phenoxy) is 1. The number of hydrogen-bond donors (Lipinski definition) is 1. The van der Waals surface area contributed by atoms with Crippen LogP contribution in [0.1, 0.15) is 69.8 Å². The number of carboxylic acid groups (broad SMARTS) is 1. The van der Waals surface area contributed by atoms with E-state index in [9.17, 15) is 4.79 Å². The lowest BCUT2D eigenvalue weighted by Gasteiger charge is -2.27. The quantitative estimate of drug-likeness (QED) is 0.197. The van der Waals surface area contributed by atoms with E-state index in [-0.39, 0.29) is 6.42 Å². The summed E-state index contributed by atoms with van der Waals surface area (Å²) in [7, 11) is 0. The molecular weight excluding hydrogens is 416 g/mol. The second kappa shape index (κ2) is 14.4. The van der Waals surface area contributed by atoms with Crippen molar-refractivity contribution in [3.63, 3.8) is 0 Å². The highest BCUT2D eigenvalue weighted by Crippen LogP contribution is 2.46. The average molecular weight is 455 g/mol. The lowest BCUT2D eigenvalue weighted by Crippen LogP contribution is -2.28. The van der Waals surface area contributed by atoms with Crippen molar-refractivity contribution in [2.75, 3.05) is 11.5 Å². The van der Waals surface area contributed by atoms with Crippen LogP contribution in [0.3, 0.4) is 0 Å². The van der Waals surface area contributed by atoms with Crippen LogP contribution in [0.15, 0.2) is 42.5 Å². The molecule has 1 aromatic rings. The Hall–Kier alpha value is -1.70. The molecule has 0 aromatic heterocycles. The van der Waals surface area contributed by atoms with Crippen LogP contribution in [0.2, 0.25) is 0 Å². The zero-order chi connectivity index (χ0) is 22.4. The first-order valence-corrected chi connectivity index (χ1v) is 13.5. The molecule has 0 unspecified atom stereocenters. The Labute approximate surface area is 198 Å². The van der Waals surface area contributed by atoms with Crippen LogP contribution in [0.4, 0.5) is 0 Å². The molecule has 4 heteroatoms. The van der Waals surface area contributed by atoms with Gasteiger partial charge in [-0.3, -0.25) is 4.79 Å². The van der Waals surface area contributed by atoms with Crippen LogP contribution in [0, 0.1) is 23.7 Å². The maximum atomic E-state index is 10.6. The van der Waals surface area contributed by atoms with E-state index in [2.05, 4.69) is 66.1 Å². The summed E-state index contributed by atoms with van der Waals surface area (Å²) >= 11 is 2.09. The monoisotopic (exact) mass is 454 g/mol. The summed E-state index contributed by atoms with van der Waals surface area (Å²) in [6.45, 7) is 0. The summed E-state index contributed by atoms with van der Waals surface area (Å²) in [5.41, 5.74) is 1.37. The van der Waals surface area contributed by atoms with E-state index in [0.29, 0.717) is 24.0 Å². The number of unbranched alkanes of at least 4 members (excludes halogenated alkanes) is 3.